The topological polar surface area (TPSA) is 23.5 Å². The minimum absolute atomic E-state index is 0.372. The summed E-state index contributed by atoms with van der Waals surface area (Å²) < 4.78 is 0. The third kappa shape index (κ3) is 3.76. The predicted molar refractivity (Wildman–Crippen MR) is 84.9 cm³/mol. The number of aromatic hydroxyl groups is 1. The molecule has 0 aromatic heterocycles. The van der Waals surface area contributed by atoms with Crippen molar-refractivity contribution in [2.24, 2.45) is 11.3 Å². The highest BCUT2D eigenvalue weighted by atomic mass is 16.3. The summed E-state index contributed by atoms with van der Waals surface area (Å²) in [6.45, 7) is 11.7. The second-order valence-corrected chi connectivity index (χ2v) is 7.30. The number of likely N-dealkylation sites (tertiary alicyclic amines) is 1. The summed E-state index contributed by atoms with van der Waals surface area (Å²) in [7, 11) is 0. The van der Waals surface area contributed by atoms with Gasteiger partial charge in [0.2, 0.25) is 0 Å². The molecular weight excluding hydrogens is 246 g/mol. The van der Waals surface area contributed by atoms with Crippen molar-refractivity contribution >= 4 is 0 Å². The van der Waals surface area contributed by atoms with E-state index in [2.05, 4.69) is 38.7 Å². The fourth-order valence-corrected chi connectivity index (χ4v) is 3.37. The maximum absolute atomic E-state index is 9.65. The Bertz CT molecular complexity index is 435. The highest BCUT2D eigenvalue weighted by molar-refractivity contribution is 5.29. The van der Waals surface area contributed by atoms with Crippen molar-refractivity contribution in [3.8, 4) is 5.75 Å². The number of phenols is 1. The lowest BCUT2D eigenvalue weighted by molar-refractivity contribution is 0.189. The molecule has 1 N–H and O–H groups in total. The molecule has 1 heterocycles. The highest BCUT2D eigenvalue weighted by Crippen LogP contribution is 2.36. The van der Waals surface area contributed by atoms with Crippen molar-refractivity contribution in [2.75, 3.05) is 13.1 Å². The van der Waals surface area contributed by atoms with E-state index in [9.17, 15) is 5.11 Å². The van der Waals surface area contributed by atoms with Gasteiger partial charge in [-0.05, 0) is 68.3 Å². The summed E-state index contributed by atoms with van der Waals surface area (Å²) in [6.07, 6.45) is 3.91. The van der Waals surface area contributed by atoms with E-state index in [0.717, 1.165) is 5.92 Å². The van der Waals surface area contributed by atoms with Gasteiger partial charge in [-0.1, -0.05) is 32.9 Å². The Morgan fingerprint density at radius 2 is 1.95 bits per heavy atom. The van der Waals surface area contributed by atoms with E-state index in [1.54, 1.807) is 6.07 Å². The molecule has 20 heavy (non-hydrogen) atoms. The van der Waals surface area contributed by atoms with Crippen LogP contribution in [0.15, 0.2) is 24.3 Å². The Morgan fingerprint density at radius 3 is 2.60 bits per heavy atom. The molecule has 0 spiro atoms. The first-order chi connectivity index (χ1) is 9.38. The fraction of sp³-hybridized carbons (Fsp3) is 0.667. The van der Waals surface area contributed by atoms with Crippen molar-refractivity contribution in [3.63, 3.8) is 0 Å². The Hall–Kier alpha value is -1.02. The Kier molecular flexibility index (Phi) is 4.74. The van der Waals surface area contributed by atoms with E-state index >= 15 is 0 Å². The minimum atomic E-state index is 0.372. The number of hydrogen-bond donors (Lipinski definition) is 1. The monoisotopic (exact) mass is 275 g/mol. The average Bonchev–Trinajstić information content (AvgIpc) is 2.63. The summed E-state index contributed by atoms with van der Waals surface area (Å²) in [5.41, 5.74) is 1.64. The molecule has 1 aliphatic rings. The van der Waals surface area contributed by atoms with Crippen LogP contribution in [-0.4, -0.2) is 23.1 Å². The zero-order valence-electron chi connectivity index (χ0n) is 13.4. The van der Waals surface area contributed by atoms with Crippen LogP contribution in [0.1, 0.15) is 58.6 Å². The van der Waals surface area contributed by atoms with Crippen LogP contribution in [-0.2, 0) is 0 Å². The molecular formula is C18H29NO. The van der Waals surface area contributed by atoms with Crippen LogP contribution in [0.25, 0.3) is 0 Å². The second kappa shape index (κ2) is 6.17. The normalized spacial score (nSPS) is 23.3. The van der Waals surface area contributed by atoms with Gasteiger partial charge in [0.15, 0.2) is 0 Å². The molecule has 2 nitrogen and oxygen atoms in total. The smallest absolute Gasteiger partial charge is 0.115 e. The van der Waals surface area contributed by atoms with E-state index < -0.39 is 0 Å². The minimum Gasteiger partial charge on any atom is -0.508 e. The second-order valence-electron chi connectivity index (χ2n) is 7.30. The number of hydrogen-bond acceptors (Lipinski definition) is 2. The van der Waals surface area contributed by atoms with E-state index in [1.807, 2.05) is 12.1 Å². The molecule has 2 unspecified atom stereocenters. The standard InChI is InChI=1S/C18H29NO/c1-14(15-7-5-9-17(20)13-15)19-11-6-8-16(10-12-19)18(2,3)4/h5,7,9,13-14,16,20H,6,8,10-12H2,1-4H3. The van der Waals surface area contributed by atoms with Gasteiger partial charge in [-0.2, -0.15) is 0 Å². The van der Waals surface area contributed by atoms with E-state index in [0.29, 0.717) is 17.2 Å². The maximum Gasteiger partial charge on any atom is 0.115 e. The van der Waals surface area contributed by atoms with Crippen LogP contribution >= 0.6 is 0 Å². The van der Waals surface area contributed by atoms with Gasteiger partial charge < -0.3 is 5.11 Å². The first-order valence-corrected chi connectivity index (χ1v) is 7.91. The molecule has 0 amide bonds. The molecule has 0 aliphatic carbocycles. The van der Waals surface area contributed by atoms with E-state index in [1.165, 1.54) is 37.9 Å². The number of phenolic OH excluding ortho intramolecular Hbond substituents is 1. The fourth-order valence-electron chi connectivity index (χ4n) is 3.37. The molecule has 1 fully saturated rings. The SMILES string of the molecule is CC(c1cccc(O)c1)N1CCCC(C(C)(C)C)CC1. The lowest BCUT2D eigenvalue weighted by Gasteiger charge is -2.31. The number of rotatable bonds is 2. The van der Waals surface area contributed by atoms with Crippen LogP contribution in [0.5, 0.6) is 5.75 Å². The summed E-state index contributed by atoms with van der Waals surface area (Å²) >= 11 is 0. The quantitative estimate of drug-likeness (QED) is 0.852. The third-order valence-electron chi connectivity index (χ3n) is 4.89. The zero-order valence-corrected chi connectivity index (χ0v) is 13.4. The molecule has 0 saturated carbocycles. The van der Waals surface area contributed by atoms with Crippen LogP contribution in [0.4, 0.5) is 0 Å². The van der Waals surface area contributed by atoms with Crippen LogP contribution < -0.4 is 0 Å². The molecule has 0 radical (unpaired) electrons. The molecule has 1 aromatic carbocycles. The van der Waals surface area contributed by atoms with Gasteiger partial charge in [-0.15, -0.1) is 0 Å². The van der Waals surface area contributed by atoms with E-state index in [-0.39, 0.29) is 0 Å². The van der Waals surface area contributed by atoms with Crippen molar-refractivity contribution in [1.82, 2.24) is 4.90 Å². The first-order valence-electron chi connectivity index (χ1n) is 7.91. The van der Waals surface area contributed by atoms with Crippen molar-refractivity contribution in [3.05, 3.63) is 29.8 Å². The van der Waals surface area contributed by atoms with Gasteiger partial charge in [0.25, 0.3) is 0 Å². The number of nitrogens with zero attached hydrogens (tertiary/aromatic N) is 1. The summed E-state index contributed by atoms with van der Waals surface area (Å²) in [5, 5.41) is 9.65. The highest BCUT2D eigenvalue weighted by Gasteiger charge is 2.28. The molecule has 2 rings (SSSR count). The van der Waals surface area contributed by atoms with E-state index in [4.69, 9.17) is 0 Å². The predicted octanol–water partition coefficient (Wildman–Crippen LogP) is 4.60. The maximum atomic E-state index is 9.65. The Balaban J connectivity index is 2.03. The summed E-state index contributed by atoms with van der Waals surface area (Å²) in [4.78, 5) is 2.57. The number of benzene rings is 1. The van der Waals surface area contributed by atoms with Gasteiger partial charge in [0.05, 0.1) is 0 Å². The molecule has 0 bridgehead atoms. The lowest BCUT2D eigenvalue weighted by atomic mass is 9.77. The average molecular weight is 275 g/mol. The molecule has 1 aromatic rings. The largest absolute Gasteiger partial charge is 0.508 e. The first kappa shape index (κ1) is 15.4. The molecule has 2 atom stereocenters. The molecule has 1 saturated heterocycles. The van der Waals surface area contributed by atoms with Gasteiger partial charge in [0.1, 0.15) is 5.75 Å². The van der Waals surface area contributed by atoms with Crippen LogP contribution in [0, 0.1) is 11.3 Å². The molecule has 112 valence electrons. The third-order valence-corrected chi connectivity index (χ3v) is 4.89. The lowest BCUT2D eigenvalue weighted by Crippen LogP contribution is -2.29. The Morgan fingerprint density at radius 1 is 1.20 bits per heavy atom. The van der Waals surface area contributed by atoms with Gasteiger partial charge >= 0.3 is 0 Å². The summed E-state index contributed by atoms with van der Waals surface area (Å²) in [5.74, 6) is 1.20. The van der Waals surface area contributed by atoms with Crippen molar-refractivity contribution in [1.29, 1.82) is 0 Å². The van der Waals surface area contributed by atoms with Crippen LogP contribution in [0.2, 0.25) is 0 Å². The van der Waals surface area contributed by atoms with Gasteiger partial charge in [-0.3, -0.25) is 4.90 Å². The van der Waals surface area contributed by atoms with Crippen molar-refractivity contribution in [2.45, 2.75) is 53.0 Å². The molecule has 2 heteroatoms. The molecule has 1 aliphatic heterocycles. The zero-order chi connectivity index (χ0) is 14.8. The Labute approximate surface area is 123 Å². The van der Waals surface area contributed by atoms with Gasteiger partial charge in [0, 0.05) is 6.04 Å². The van der Waals surface area contributed by atoms with Crippen LogP contribution in [0.3, 0.4) is 0 Å². The van der Waals surface area contributed by atoms with Gasteiger partial charge in [-0.25, -0.2) is 0 Å². The summed E-state index contributed by atoms with van der Waals surface area (Å²) in [6, 6.07) is 8.10. The van der Waals surface area contributed by atoms with Crippen molar-refractivity contribution < 1.29 is 5.11 Å².